The van der Waals surface area contributed by atoms with Crippen LogP contribution in [0.1, 0.15) is 0 Å². The van der Waals surface area contributed by atoms with Crippen LogP contribution in [0.2, 0.25) is 0 Å². The van der Waals surface area contributed by atoms with Crippen molar-refractivity contribution in [3.63, 3.8) is 0 Å². The zero-order valence-corrected chi connectivity index (χ0v) is 6.67. The zero-order chi connectivity index (χ0) is 4.50. The van der Waals surface area contributed by atoms with Crippen LogP contribution in [0.4, 0.5) is 0 Å². The molecule has 0 rings (SSSR count). The third-order valence-electron chi connectivity index (χ3n) is 0. The Morgan fingerprint density at radius 2 is 1.17 bits per heavy atom. The molecule has 0 aromatic carbocycles. The van der Waals surface area contributed by atoms with Gasteiger partial charge >= 0.3 is 53.2 Å². The molecule has 0 spiro atoms. The van der Waals surface area contributed by atoms with Crippen molar-refractivity contribution < 1.29 is 29.5 Å². The van der Waals surface area contributed by atoms with Gasteiger partial charge in [0.25, 0.3) is 0 Å². The summed E-state index contributed by atoms with van der Waals surface area (Å²) in [5, 5.41) is 0. The molecule has 6 heteroatoms. The minimum absolute atomic E-state index is 0. The summed E-state index contributed by atoms with van der Waals surface area (Å²) in [6.45, 7) is 0. The van der Waals surface area contributed by atoms with E-state index in [-0.39, 0.29) is 23.7 Å². The third-order valence-corrected chi connectivity index (χ3v) is 0. The molecule has 0 amide bonds. The van der Waals surface area contributed by atoms with Gasteiger partial charge in [-0.05, 0) is 0 Å². The molecular weight excluding hydrogens is 244 g/mol. The van der Waals surface area contributed by atoms with Crippen molar-refractivity contribution in [3.05, 3.63) is 0 Å². The molecule has 0 aromatic heterocycles. The van der Waals surface area contributed by atoms with E-state index in [2.05, 4.69) is 0 Å². The summed E-state index contributed by atoms with van der Waals surface area (Å²) in [6, 6.07) is 0. The molecular formula is H2CrO4Te. The van der Waals surface area contributed by atoms with Crippen LogP contribution in [0.3, 0.4) is 0 Å². The van der Waals surface area contributed by atoms with Gasteiger partial charge in [-0.1, -0.05) is 0 Å². The van der Waals surface area contributed by atoms with E-state index in [9.17, 15) is 0 Å². The van der Waals surface area contributed by atoms with Crippen molar-refractivity contribution in [1.29, 1.82) is 0 Å². The summed E-state index contributed by atoms with van der Waals surface area (Å²) in [6.07, 6.45) is 0. The molecule has 38 valence electrons. The molecule has 6 heavy (non-hydrogen) atoms. The Morgan fingerprint density at radius 3 is 1.17 bits per heavy atom. The van der Waals surface area contributed by atoms with Crippen LogP contribution < -0.4 is 8.32 Å². The molecule has 0 aliphatic rings. The van der Waals surface area contributed by atoms with Gasteiger partial charge in [0, 0.05) is 0 Å². The van der Waals surface area contributed by atoms with Gasteiger partial charge in [0.05, 0.1) is 0 Å². The summed E-state index contributed by atoms with van der Waals surface area (Å²) in [4.78, 5) is 0. The van der Waals surface area contributed by atoms with E-state index >= 15 is 0 Å². The first kappa shape index (κ1) is 9.96. The zero-order valence-electron chi connectivity index (χ0n) is 2.54. The first-order chi connectivity index (χ1) is 2.00. The Balaban J connectivity index is 0. The van der Waals surface area contributed by atoms with Crippen molar-refractivity contribution in [2.45, 2.75) is 0 Å². The number of hydrogen-bond acceptors (Lipinski definition) is 4. The minimum atomic E-state index is -5.75. The fourth-order valence-corrected chi connectivity index (χ4v) is 0. The first-order valence-corrected chi connectivity index (χ1v) is 2.75. The molecule has 0 heterocycles. The van der Waals surface area contributed by atoms with Crippen molar-refractivity contribution in [2.75, 3.05) is 0 Å². The fraction of sp³-hybridized carbons (Fsp3) is 0. The predicted molar refractivity (Wildman–Crippen MR) is 9.92 cm³/mol. The molecule has 0 bridgehead atoms. The van der Waals surface area contributed by atoms with Gasteiger partial charge < -0.3 is 0 Å². The van der Waals surface area contributed by atoms with Gasteiger partial charge in [-0.25, -0.2) is 0 Å². The van der Waals surface area contributed by atoms with Gasteiger partial charge in [0.15, 0.2) is 0 Å². The maximum atomic E-state index is 8.59. The van der Waals surface area contributed by atoms with Gasteiger partial charge in [0.1, 0.15) is 0 Å². The molecule has 0 fully saturated rings. The van der Waals surface area contributed by atoms with E-state index < -0.39 is 13.6 Å². The summed E-state index contributed by atoms with van der Waals surface area (Å²) >= 11 is -5.75. The van der Waals surface area contributed by atoms with E-state index in [0.29, 0.717) is 0 Å². The topological polar surface area (TPSA) is 80.3 Å². The first-order valence-electron chi connectivity index (χ1n) is 0.667. The van der Waals surface area contributed by atoms with E-state index in [1.54, 1.807) is 0 Å². The molecule has 2 radical (unpaired) electrons. The van der Waals surface area contributed by atoms with E-state index in [4.69, 9.17) is 15.9 Å². The van der Waals surface area contributed by atoms with Gasteiger partial charge in [-0.3, -0.25) is 0 Å². The summed E-state index contributed by atoms with van der Waals surface area (Å²) < 4.78 is 34.4. The summed E-state index contributed by atoms with van der Waals surface area (Å²) in [5.74, 6) is 0. The van der Waals surface area contributed by atoms with Crippen molar-refractivity contribution in [2.24, 2.45) is 0 Å². The fourth-order valence-electron chi connectivity index (χ4n) is 0. The number of hydrogen-bond donors (Lipinski definition) is 0. The van der Waals surface area contributed by atoms with Crippen LogP contribution in [-0.4, -0.2) is 23.7 Å². The van der Waals surface area contributed by atoms with Gasteiger partial charge in [-0.15, -0.1) is 0 Å². The standard InChI is InChI=1S/Cr.4O.H2Te/h;;;;;1H2/q;;;2*-1;+2. The maximum absolute atomic E-state index is 8.59. The Labute approximate surface area is 53.3 Å². The molecule has 0 atom stereocenters. The number of rotatable bonds is 0. The quantitative estimate of drug-likeness (QED) is 0.414. The summed E-state index contributed by atoms with van der Waals surface area (Å²) in [5.41, 5.74) is 0. The van der Waals surface area contributed by atoms with Gasteiger partial charge in [-0.2, -0.15) is 0 Å². The average molecular weight is 246 g/mol. The Kier molecular flexibility index (Phi) is 4.86. The molecule has 0 N–H and O–H groups in total. The molecule has 0 saturated carbocycles. The predicted octanol–water partition coefficient (Wildman–Crippen LogP) is -3.53. The van der Waals surface area contributed by atoms with Crippen LogP contribution in [-0.2, 0) is 21.2 Å². The SMILES string of the molecule is [O]=[Cr](=[O])([O-])[O-].[TeH2+2]. The molecule has 4 nitrogen and oxygen atoms in total. The van der Waals surface area contributed by atoms with Crippen LogP contribution in [0, 0.1) is 0 Å². The van der Waals surface area contributed by atoms with Crippen LogP contribution >= 0.6 is 0 Å². The van der Waals surface area contributed by atoms with Gasteiger partial charge in [0.2, 0.25) is 0 Å². The van der Waals surface area contributed by atoms with Crippen LogP contribution in [0.5, 0.6) is 0 Å². The monoisotopic (exact) mass is 248 g/mol. The second-order valence-corrected chi connectivity index (χ2v) is 1.68. The second-order valence-electron chi connectivity index (χ2n) is 0.408. The molecule has 0 aromatic rings. The van der Waals surface area contributed by atoms with E-state index in [1.807, 2.05) is 0 Å². The summed E-state index contributed by atoms with van der Waals surface area (Å²) in [7, 11) is 0. The molecule has 0 aliphatic heterocycles. The van der Waals surface area contributed by atoms with Crippen molar-refractivity contribution in [1.82, 2.24) is 0 Å². The van der Waals surface area contributed by atoms with E-state index in [1.165, 1.54) is 0 Å². The molecule has 0 unspecified atom stereocenters. The van der Waals surface area contributed by atoms with Crippen molar-refractivity contribution in [3.8, 4) is 0 Å². The van der Waals surface area contributed by atoms with Crippen molar-refractivity contribution >= 4 is 23.7 Å². The molecule has 0 aliphatic carbocycles. The average Bonchev–Trinajstić information content (AvgIpc) is 0.722. The Bertz CT molecular complexity index is 90.7. The Hall–Kier alpha value is 0.842. The van der Waals surface area contributed by atoms with Crippen LogP contribution in [0.25, 0.3) is 0 Å². The third kappa shape index (κ3) is 101. The second kappa shape index (κ2) is 2.93. The molecule has 0 saturated heterocycles. The van der Waals surface area contributed by atoms with E-state index in [0.717, 1.165) is 0 Å². The Morgan fingerprint density at radius 1 is 1.17 bits per heavy atom. The van der Waals surface area contributed by atoms with Crippen LogP contribution in [0.15, 0.2) is 0 Å². The normalized spacial score (nSPS) is 9.67.